The molecule has 49 heavy (non-hydrogen) atoms. The van der Waals surface area contributed by atoms with Gasteiger partial charge in [0.1, 0.15) is 24.8 Å². The molecular formula is C38H36FN5O5. The first-order valence-corrected chi connectivity index (χ1v) is 16.2. The second-order valence-electron chi connectivity index (χ2n) is 12.2. The predicted molar refractivity (Wildman–Crippen MR) is 182 cm³/mol. The van der Waals surface area contributed by atoms with Gasteiger partial charge in [0.15, 0.2) is 0 Å². The Morgan fingerprint density at radius 1 is 0.776 bits per heavy atom. The lowest BCUT2D eigenvalue weighted by molar-refractivity contribution is 0.0716. The Labute approximate surface area is 283 Å². The van der Waals surface area contributed by atoms with Gasteiger partial charge >= 0.3 is 6.01 Å². The number of benzene rings is 3. The maximum atomic E-state index is 14.9. The van der Waals surface area contributed by atoms with E-state index in [1.807, 2.05) is 60.9 Å². The molecule has 0 unspecified atom stereocenters. The third-order valence-electron chi connectivity index (χ3n) is 9.08. The van der Waals surface area contributed by atoms with Crippen LogP contribution in [0.2, 0.25) is 0 Å². The van der Waals surface area contributed by atoms with Crippen molar-refractivity contribution in [3.05, 3.63) is 118 Å². The lowest BCUT2D eigenvalue weighted by Crippen LogP contribution is -2.36. The van der Waals surface area contributed by atoms with Gasteiger partial charge < -0.3 is 23.7 Å². The largest absolute Gasteiger partial charge is 0.491 e. The lowest BCUT2D eigenvalue weighted by Gasteiger charge is -2.30. The van der Waals surface area contributed by atoms with Crippen molar-refractivity contribution in [1.29, 1.82) is 0 Å². The van der Waals surface area contributed by atoms with Gasteiger partial charge in [-0.2, -0.15) is 0 Å². The molecule has 11 heteroatoms. The minimum atomic E-state index is -0.484. The quantitative estimate of drug-likeness (QED) is 0.211. The number of halogens is 1. The number of ether oxygens (including phenoxy) is 3. The molecule has 2 aromatic heterocycles. The number of hydrogen-bond acceptors (Lipinski definition) is 7. The monoisotopic (exact) mass is 661 g/mol. The summed E-state index contributed by atoms with van der Waals surface area (Å²) in [6.07, 6.45) is 3.68. The summed E-state index contributed by atoms with van der Waals surface area (Å²) in [6.45, 7) is 5.92. The van der Waals surface area contributed by atoms with Gasteiger partial charge in [0.25, 0.3) is 11.8 Å². The molecule has 0 radical (unpaired) electrons. The van der Waals surface area contributed by atoms with Crippen LogP contribution in [0.15, 0.2) is 79.1 Å². The van der Waals surface area contributed by atoms with Gasteiger partial charge in [-0.1, -0.05) is 29.8 Å². The van der Waals surface area contributed by atoms with E-state index in [1.165, 1.54) is 35.5 Å². The molecule has 8 bridgehead atoms. The molecule has 2 amide bonds. The third-order valence-corrected chi connectivity index (χ3v) is 9.08. The Balaban J connectivity index is 1.32. The van der Waals surface area contributed by atoms with E-state index in [1.54, 1.807) is 18.0 Å². The molecule has 5 aliphatic rings. The van der Waals surface area contributed by atoms with Crippen LogP contribution in [0, 0.1) is 19.7 Å². The number of amides is 2. The summed E-state index contributed by atoms with van der Waals surface area (Å²) in [5.74, 6) is -0.270. The van der Waals surface area contributed by atoms with Crippen LogP contribution >= 0.6 is 0 Å². The van der Waals surface area contributed by atoms with Crippen LogP contribution in [0.3, 0.4) is 0 Å². The van der Waals surface area contributed by atoms with Gasteiger partial charge in [0, 0.05) is 53.9 Å². The number of carbonyl (C=O) groups is 2. The fourth-order valence-corrected chi connectivity index (χ4v) is 6.34. The van der Waals surface area contributed by atoms with Crippen molar-refractivity contribution in [2.75, 3.05) is 37.9 Å². The molecule has 5 aliphatic heterocycles. The summed E-state index contributed by atoms with van der Waals surface area (Å²) in [5.41, 5.74) is 6.46. The minimum Gasteiger partial charge on any atom is -0.491 e. The Morgan fingerprint density at radius 2 is 1.53 bits per heavy atom. The van der Waals surface area contributed by atoms with Crippen molar-refractivity contribution in [1.82, 2.24) is 19.4 Å². The second kappa shape index (κ2) is 13.5. The SMILES string of the molecule is Cc1ccc(N2C(=O)c3cc(n(C)c3C)-c3cc(F)ccc3C(=O)N3CCc4c(cccc4OCCOCCOc4ncc2cn4)C3)cc1. The fraction of sp³-hybridized carbons (Fsp3) is 0.263. The van der Waals surface area contributed by atoms with Crippen molar-refractivity contribution in [3.8, 4) is 23.0 Å². The first-order valence-electron chi connectivity index (χ1n) is 16.2. The molecule has 7 heterocycles. The van der Waals surface area contributed by atoms with Crippen LogP contribution in [-0.2, 0) is 24.8 Å². The number of carbonyl (C=O) groups excluding carboxylic acids is 2. The Hall–Kier alpha value is -5.55. The lowest BCUT2D eigenvalue weighted by atomic mass is 9.96. The molecule has 10 nitrogen and oxygen atoms in total. The molecule has 250 valence electrons. The van der Waals surface area contributed by atoms with E-state index in [9.17, 15) is 14.0 Å². The standard InChI is InChI=1S/C38H36FN5O5/c1-24-7-10-28(11-8-24)44-29-21-40-38(41-22-29)49-18-16-47-15-17-48-35-6-4-5-26-23-43(14-13-30(26)35)36(45)31-12-9-27(39)19-33(31)34-20-32(37(44)46)25(2)42(34)3/h4-12,19-22H,13-18,23H2,1-3H3. The summed E-state index contributed by atoms with van der Waals surface area (Å²) in [4.78, 5) is 40.7. The van der Waals surface area contributed by atoms with Crippen LogP contribution in [0.1, 0.15) is 43.1 Å². The van der Waals surface area contributed by atoms with Gasteiger partial charge in [0.05, 0.1) is 36.9 Å². The summed E-state index contributed by atoms with van der Waals surface area (Å²) in [6, 6.07) is 19.5. The van der Waals surface area contributed by atoms with Gasteiger partial charge in [-0.15, -0.1) is 0 Å². The van der Waals surface area contributed by atoms with Crippen LogP contribution < -0.4 is 14.4 Å². The molecule has 0 spiro atoms. The van der Waals surface area contributed by atoms with Crippen LogP contribution in [0.5, 0.6) is 11.8 Å². The highest BCUT2D eigenvalue weighted by molar-refractivity contribution is 6.12. The normalized spacial score (nSPS) is 15.4. The number of hydrogen-bond donors (Lipinski definition) is 0. The Morgan fingerprint density at radius 3 is 2.31 bits per heavy atom. The smallest absolute Gasteiger partial charge is 0.316 e. The van der Waals surface area contributed by atoms with E-state index in [4.69, 9.17) is 14.2 Å². The Kier molecular flexibility index (Phi) is 8.83. The van der Waals surface area contributed by atoms with Crippen molar-refractivity contribution in [2.24, 2.45) is 7.05 Å². The van der Waals surface area contributed by atoms with E-state index in [0.717, 1.165) is 22.4 Å². The first kappa shape index (κ1) is 32.0. The van der Waals surface area contributed by atoms with Crippen molar-refractivity contribution in [3.63, 3.8) is 0 Å². The van der Waals surface area contributed by atoms with Gasteiger partial charge in [-0.05, 0) is 68.3 Å². The fourth-order valence-electron chi connectivity index (χ4n) is 6.34. The predicted octanol–water partition coefficient (Wildman–Crippen LogP) is 6.20. The van der Waals surface area contributed by atoms with Crippen molar-refractivity contribution < 1.29 is 28.2 Å². The van der Waals surface area contributed by atoms with E-state index >= 15 is 0 Å². The molecule has 0 N–H and O–H groups in total. The molecule has 5 aromatic rings. The summed E-state index contributed by atoms with van der Waals surface area (Å²) < 4.78 is 34.2. The van der Waals surface area contributed by atoms with Crippen molar-refractivity contribution >= 4 is 23.2 Å². The maximum absolute atomic E-state index is 14.9. The van der Waals surface area contributed by atoms with Gasteiger partial charge in [-0.3, -0.25) is 14.5 Å². The zero-order valence-electron chi connectivity index (χ0n) is 27.6. The van der Waals surface area contributed by atoms with Gasteiger partial charge in [0.2, 0.25) is 0 Å². The first-order chi connectivity index (χ1) is 23.8. The van der Waals surface area contributed by atoms with Crippen LogP contribution in [0.4, 0.5) is 15.8 Å². The average Bonchev–Trinajstić information content (AvgIpc) is 3.41. The van der Waals surface area contributed by atoms with E-state index in [-0.39, 0.29) is 24.4 Å². The van der Waals surface area contributed by atoms with E-state index in [2.05, 4.69) is 9.97 Å². The summed E-state index contributed by atoms with van der Waals surface area (Å²) in [7, 11) is 1.81. The van der Waals surface area contributed by atoms with E-state index < -0.39 is 5.82 Å². The topological polar surface area (TPSA) is 99.0 Å². The number of rotatable bonds is 1. The highest BCUT2D eigenvalue weighted by Crippen LogP contribution is 2.35. The molecule has 0 saturated heterocycles. The second-order valence-corrected chi connectivity index (χ2v) is 12.2. The molecule has 0 aliphatic carbocycles. The summed E-state index contributed by atoms with van der Waals surface area (Å²) in [5, 5.41) is 0. The minimum absolute atomic E-state index is 0.154. The highest BCUT2D eigenvalue weighted by atomic mass is 19.1. The Bertz CT molecular complexity index is 2030. The molecule has 0 fully saturated rings. The van der Waals surface area contributed by atoms with E-state index in [0.29, 0.717) is 78.8 Å². The van der Waals surface area contributed by atoms with Gasteiger partial charge in [-0.25, -0.2) is 14.4 Å². The molecule has 3 aromatic carbocycles. The number of aromatic nitrogens is 3. The highest BCUT2D eigenvalue weighted by Gasteiger charge is 2.29. The zero-order valence-corrected chi connectivity index (χ0v) is 27.6. The summed E-state index contributed by atoms with van der Waals surface area (Å²) >= 11 is 0. The molecule has 0 saturated carbocycles. The molecule has 10 rings (SSSR count). The van der Waals surface area contributed by atoms with Crippen LogP contribution in [-0.4, -0.2) is 64.2 Å². The average molecular weight is 662 g/mol. The van der Waals surface area contributed by atoms with Crippen LogP contribution in [0.25, 0.3) is 11.3 Å². The van der Waals surface area contributed by atoms with Crippen molar-refractivity contribution in [2.45, 2.75) is 26.8 Å². The zero-order chi connectivity index (χ0) is 34.1. The number of anilines is 2. The maximum Gasteiger partial charge on any atom is 0.316 e. The molecule has 0 atom stereocenters. The third kappa shape index (κ3) is 6.37. The number of aryl methyl sites for hydroxylation is 1. The number of nitrogens with zero attached hydrogens (tertiary/aromatic N) is 5. The molecular weight excluding hydrogens is 625 g/mol.